The average molecular weight is 293 g/mol. The summed E-state index contributed by atoms with van der Waals surface area (Å²) in [6.07, 6.45) is 6.19. The van der Waals surface area contributed by atoms with E-state index in [1.165, 1.54) is 0 Å². The Bertz CT molecular complexity index is 518. The van der Waals surface area contributed by atoms with Gasteiger partial charge in [0.2, 0.25) is 0 Å². The molecule has 4 unspecified atom stereocenters. The number of carboxylic acid groups (broad SMARTS) is 1. The van der Waals surface area contributed by atoms with Crippen molar-refractivity contribution in [3.05, 3.63) is 12.4 Å². The van der Waals surface area contributed by atoms with Gasteiger partial charge in [-0.05, 0) is 31.1 Å². The van der Waals surface area contributed by atoms with Gasteiger partial charge in [0, 0.05) is 18.8 Å². The topological polar surface area (TPSA) is 109 Å². The number of fused-ring (bicyclic) bond motifs is 2. The molecule has 2 amide bonds. The highest BCUT2D eigenvalue weighted by Gasteiger charge is 2.51. The number of carboxylic acids is 1. The van der Waals surface area contributed by atoms with Crippen LogP contribution in [0.2, 0.25) is 0 Å². The number of urea groups is 1. The van der Waals surface area contributed by atoms with Gasteiger partial charge in [0.1, 0.15) is 0 Å². The van der Waals surface area contributed by atoms with Crippen LogP contribution in [0.3, 0.4) is 0 Å². The van der Waals surface area contributed by atoms with Crippen LogP contribution in [0, 0.1) is 17.8 Å². The molecule has 1 heterocycles. The second kappa shape index (κ2) is 5.71. The summed E-state index contributed by atoms with van der Waals surface area (Å²) in [5, 5.41) is 22.4. The van der Waals surface area contributed by atoms with Crippen LogP contribution in [-0.4, -0.2) is 44.7 Å². The van der Waals surface area contributed by atoms with Crippen molar-refractivity contribution in [1.29, 1.82) is 0 Å². The molecule has 0 aromatic carbocycles. The van der Waals surface area contributed by atoms with Crippen LogP contribution >= 0.6 is 0 Å². The van der Waals surface area contributed by atoms with Crippen LogP contribution in [0.15, 0.2) is 12.4 Å². The molecular formula is C13H19N5O3. The molecule has 0 saturated heterocycles. The summed E-state index contributed by atoms with van der Waals surface area (Å²) in [5.74, 6) is -0.718. The maximum Gasteiger partial charge on any atom is 0.315 e. The van der Waals surface area contributed by atoms with Crippen molar-refractivity contribution in [2.24, 2.45) is 17.8 Å². The van der Waals surface area contributed by atoms with E-state index in [1.807, 2.05) is 0 Å². The highest BCUT2D eigenvalue weighted by atomic mass is 16.4. The number of hydrogen-bond acceptors (Lipinski definition) is 4. The minimum Gasteiger partial charge on any atom is -0.481 e. The number of nitrogens with one attached hydrogen (secondary N) is 2. The van der Waals surface area contributed by atoms with Crippen LogP contribution in [0.5, 0.6) is 0 Å². The smallest absolute Gasteiger partial charge is 0.315 e. The zero-order chi connectivity index (χ0) is 14.8. The molecule has 2 saturated carbocycles. The van der Waals surface area contributed by atoms with Crippen LogP contribution in [0.1, 0.15) is 19.3 Å². The molecule has 8 nitrogen and oxygen atoms in total. The molecule has 8 heteroatoms. The molecule has 3 N–H and O–H groups in total. The fourth-order valence-corrected chi connectivity index (χ4v) is 3.69. The highest BCUT2D eigenvalue weighted by Crippen LogP contribution is 2.48. The standard InChI is InChI=1S/C13H19N5O3/c19-12(20)10-8-1-2-9(7-8)11(10)16-13(21)14-3-5-18-6-4-15-17-18/h4,6,8-11H,1-3,5,7H2,(H,19,20)(H2,14,16,21). The Morgan fingerprint density at radius 2 is 2.14 bits per heavy atom. The third kappa shape index (κ3) is 2.84. The number of rotatable bonds is 5. The molecule has 2 fully saturated rings. The van der Waals surface area contributed by atoms with E-state index in [9.17, 15) is 14.7 Å². The van der Waals surface area contributed by atoms with E-state index in [0.29, 0.717) is 19.0 Å². The number of hydrogen-bond donors (Lipinski definition) is 3. The molecule has 2 aliphatic carbocycles. The van der Waals surface area contributed by atoms with Gasteiger partial charge in [-0.15, -0.1) is 5.10 Å². The largest absolute Gasteiger partial charge is 0.481 e. The van der Waals surface area contributed by atoms with Crippen LogP contribution in [-0.2, 0) is 11.3 Å². The first-order chi connectivity index (χ1) is 10.1. The van der Waals surface area contributed by atoms with Gasteiger partial charge in [-0.25, -0.2) is 4.79 Å². The molecule has 0 radical (unpaired) electrons. The van der Waals surface area contributed by atoms with Crippen molar-refractivity contribution in [3.63, 3.8) is 0 Å². The van der Waals surface area contributed by atoms with E-state index in [1.54, 1.807) is 17.1 Å². The summed E-state index contributed by atoms with van der Waals surface area (Å²) in [7, 11) is 0. The highest BCUT2D eigenvalue weighted by molar-refractivity contribution is 5.77. The molecule has 1 aromatic heterocycles. The Labute approximate surface area is 121 Å². The van der Waals surface area contributed by atoms with Gasteiger partial charge in [-0.2, -0.15) is 0 Å². The first-order valence-electron chi connectivity index (χ1n) is 7.26. The molecule has 2 bridgehead atoms. The SMILES string of the molecule is O=C(NCCn1ccnn1)NC1C2CCC(C2)C1C(=O)O. The summed E-state index contributed by atoms with van der Waals surface area (Å²) in [4.78, 5) is 23.3. The quantitative estimate of drug-likeness (QED) is 0.712. The number of nitrogens with zero attached hydrogens (tertiary/aromatic N) is 3. The Hall–Kier alpha value is -2.12. The third-order valence-corrected chi connectivity index (χ3v) is 4.60. The first kappa shape index (κ1) is 13.8. The number of aromatic nitrogens is 3. The monoisotopic (exact) mass is 293 g/mol. The van der Waals surface area contributed by atoms with E-state index < -0.39 is 11.9 Å². The van der Waals surface area contributed by atoms with E-state index in [0.717, 1.165) is 19.3 Å². The normalized spacial score (nSPS) is 30.3. The summed E-state index contributed by atoms with van der Waals surface area (Å²) >= 11 is 0. The molecular weight excluding hydrogens is 274 g/mol. The van der Waals surface area contributed by atoms with Crippen molar-refractivity contribution in [1.82, 2.24) is 25.6 Å². The van der Waals surface area contributed by atoms with E-state index in [2.05, 4.69) is 20.9 Å². The number of carbonyl (C=O) groups is 2. The van der Waals surface area contributed by atoms with Gasteiger partial charge in [0.15, 0.2) is 0 Å². The van der Waals surface area contributed by atoms with Gasteiger partial charge in [-0.3, -0.25) is 9.48 Å². The molecule has 0 spiro atoms. The predicted octanol–water partition coefficient (Wildman–Crippen LogP) is 0.0766. The minimum absolute atomic E-state index is 0.216. The van der Waals surface area contributed by atoms with Crippen molar-refractivity contribution in [3.8, 4) is 0 Å². The number of amides is 2. The van der Waals surface area contributed by atoms with Crippen molar-refractivity contribution < 1.29 is 14.7 Å². The second-order valence-corrected chi connectivity index (χ2v) is 5.79. The van der Waals surface area contributed by atoms with Crippen molar-refractivity contribution in [2.45, 2.75) is 31.8 Å². The summed E-state index contributed by atoms with van der Waals surface area (Å²) in [6.45, 7) is 0.959. The predicted molar refractivity (Wildman–Crippen MR) is 72.3 cm³/mol. The van der Waals surface area contributed by atoms with E-state index in [4.69, 9.17) is 0 Å². The summed E-state index contributed by atoms with van der Waals surface area (Å²) in [6, 6.07) is -0.550. The maximum absolute atomic E-state index is 11.9. The Morgan fingerprint density at radius 3 is 2.86 bits per heavy atom. The van der Waals surface area contributed by atoms with Gasteiger partial charge in [-0.1, -0.05) is 5.21 Å². The summed E-state index contributed by atoms with van der Waals surface area (Å²) < 4.78 is 1.62. The second-order valence-electron chi connectivity index (χ2n) is 5.79. The molecule has 4 atom stereocenters. The zero-order valence-corrected chi connectivity index (χ0v) is 11.6. The molecule has 0 aliphatic heterocycles. The minimum atomic E-state index is -0.796. The molecule has 114 valence electrons. The molecule has 2 aliphatic rings. The molecule has 1 aromatic rings. The lowest BCUT2D eigenvalue weighted by Crippen LogP contribution is -2.50. The Balaban J connectivity index is 1.49. The van der Waals surface area contributed by atoms with Crippen LogP contribution in [0.25, 0.3) is 0 Å². The van der Waals surface area contributed by atoms with Gasteiger partial charge in [0.05, 0.1) is 18.7 Å². The lowest BCUT2D eigenvalue weighted by molar-refractivity contribution is -0.144. The zero-order valence-electron chi connectivity index (χ0n) is 11.6. The van der Waals surface area contributed by atoms with Crippen LogP contribution in [0.4, 0.5) is 4.79 Å². The molecule has 21 heavy (non-hydrogen) atoms. The molecule has 3 rings (SSSR count). The lowest BCUT2D eigenvalue weighted by atomic mass is 9.84. The fourth-order valence-electron chi connectivity index (χ4n) is 3.69. The van der Waals surface area contributed by atoms with E-state index in [-0.39, 0.29) is 18.0 Å². The lowest BCUT2D eigenvalue weighted by Gasteiger charge is -2.28. The van der Waals surface area contributed by atoms with Gasteiger partial charge >= 0.3 is 12.0 Å². The Kier molecular flexibility index (Phi) is 3.76. The Morgan fingerprint density at radius 1 is 1.33 bits per heavy atom. The van der Waals surface area contributed by atoms with E-state index >= 15 is 0 Å². The number of carbonyl (C=O) groups excluding carboxylic acids is 1. The van der Waals surface area contributed by atoms with Crippen molar-refractivity contribution in [2.75, 3.05) is 6.54 Å². The average Bonchev–Trinajstić information content (AvgIpc) is 3.14. The summed E-state index contributed by atoms with van der Waals surface area (Å²) in [5.41, 5.74) is 0. The fraction of sp³-hybridized carbons (Fsp3) is 0.692. The van der Waals surface area contributed by atoms with Crippen molar-refractivity contribution >= 4 is 12.0 Å². The third-order valence-electron chi connectivity index (χ3n) is 4.60. The van der Waals surface area contributed by atoms with Gasteiger partial charge < -0.3 is 15.7 Å². The maximum atomic E-state index is 11.9. The number of aliphatic carboxylic acids is 1. The van der Waals surface area contributed by atoms with Crippen LogP contribution < -0.4 is 10.6 Å². The van der Waals surface area contributed by atoms with Gasteiger partial charge in [0.25, 0.3) is 0 Å². The first-order valence-corrected chi connectivity index (χ1v) is 7.26.